The Bertz CT molecular complexity index is 764. The van der Waals surface area contributed by atoms with Crippen LogP contribution in [0.15, 0.2) is 48.5 Å². The number of hydrogen-bond acceptors (Lipinski definition) is 1. The fraction of sp³-hybridized carbons (Fsp3) is 0.316. The molecule has 1 saturated carbocycles. The molecule has 0 heterocycles. The maximum absolute atomic E-state index is 13.1. The molecule has 1 fully saturated rings. The van der Waals surface area contributed by atoms with E-state index in [1.54, 1.807) is 18.2 Å². The first-order valence-corrected chi connectivity index (χ1v) is 8.02. The summed E-state index contributed by atoms with van der Waals surface area (Å²) in [7, 11) is 0. The molecule has 0 radical (unpaired) electrons. The summed E-state index contributed by atoms with van der Waals surface area (Å²) in [6.45, 7) is 0.0195. The van der Waals surface area contributed by atoms with Crippen molar-refractivity contribution >= 4 is 5.91 Å². The molecule has 0 atom stereocenters. The second-order valence-corrected chi connectivity index (χ2v) is 6.32. The van der Waals surface area contributed by atoms with Gasteiger partial charge in [0.25, 0.3) is 0 Å². The molecule has 6 heteroatoms. The molecule has 2 aromatic carbocycles. The molecule has 1 N–H and O–H groups in total. The van der Waals surface area contributed by atoms with Crippen molar-refractivity contribution in [3.8, 4) is 0 Å². The van der Waals surface area contributed by atoms with Crippen LogP contribution in [-0.2, 0) is 22.9 Å². The van der Waals surface area contributed by atoms with Crippen molar-refractivity contribution in [2.45, 2.75) is 37.4 Å². The minimum atomic E-state index is -4.41. The number of benzene rings is 2. The first-order valence-electron chi connectivity index (χ1n) is 8.02. The Kier molecular flexibility index (Phi) is 4.54. The van der Waals surface area contributed by atoms with Crippen LogP contribution in [0.3, 0.4) is 0 Å². The van der Waals surface area contributed by atoms with Gasteiger partial charge in [0.05, 0.1) is 11.0 Å². The maximum Gasteiger partial charge on any atom is 0.416 e. The lowest BCUT2D eigenvalue weighted by Gasteiger charge is -2.40. The predicted octanol–water partition coefficient (Wildman–Crippen LogP) is 4.58. The fourth-order valence-electron chi connectivity index (χ4n) is 3.16. The predicted molar refractivity (Wildman–Crippen MR) is 85.2 cm³/mol. The molecule has 25 heavy (non-hydrogen) atoms. The largest absolute Gasteiger partial charge is 0.416 e. The minimum Gasteiger partial charge on any atom is -0.351 e. The van der Waals surface area contributed by atoms with Gasteiger partial charge in [-0.2, -0.15) is 13.2 Å². The summed E-state index contributed by atoms with van der Waals surface area (Å²) in [6, 6.07) is 10.7. The van der Waals surface area contributed by atoms with Crippen LogP contribution >= 0.6 is 0 Å². The fourth-order valence-corrected chi connectivity index (χ4v) is 3.16. The van der Waals surface area contributed by atoms with E-state index in [1.165, 1.54) is 18.2 Å². The summed E-state index contributed by atoms with van der Waals surface area (Å²) >= 11 is 0. The van der Waals surface area contributed by atoms with Crippen LogP contribution in [0.2, 0.25) is 0 Å². The van der Waals surface area contributed by atoms with Crippen LogP contribution in [-0.4, -0.2) is 5.91 Å². The molecule has 132 valence electrons. The maximum atomic E-state index is 13.1. The Morgan fingerprint density at radius 2 is 1.76 bits per heavy atom. The highest BCUT2D eigenvalue weighted by Crippen LogP contribution is 2.44. The highest BCUT2D eigenvalue weighted by Gasteiger charge is 2.45. The van der Waals surface area contributed by atoms with Gasteiger partial charge in [-0.1, -0.05) is 30.7 Å². The standard InChI is InChI=1S/C19H17F4NO/c20-16-7-5-14(6-8-16)18(9-2-10-18)17(25)24-12-13-3-1-4-15(11-13)19(21,22)23/h1,3-8,11H,2,9-10,12H2,(H,24,25). The normalized spacial score (nSPS) is 16.2. The molecule has 2 aromatic rings. The smallest absolute Gasteiger partial charge is 0.351 e. The topological polar surface area (TPSA) is 29.1 Å². The van der Waals surface area contributed by atoms with Crippen molar-refractivity contribution < 1.29 is 22.4 Å². The van der Waals surface area contributed by atoms with E-state index in [0.29, 0.717) is 18.4 Å². The quantitative estimate of drug-likeness (QED) is 0.803. The van der Waals surface area contributed by atoms with Crippen molar-refractivity contribution in [2.75, 3.05) is 0 Å². The van der Waals surface area contributed by atoms with Gasteiger partial charge < -0.3 is 5.32 Å². The Morgan fingerprint density at radius 1 is 1.08 bits per heavy atom. The summed E-state index contributed by atoms with van der Waals surface area (Å²) in [5, 5.41) is 2.73. The van der Waals surface area contributed by atoms with Gasteiger partial charge in [0.1, 0.15) is 5.82 Å². The summed E-state index contributed by atoms with van der Waals surface area (Å²) < 4.78 is 51.4. The molecular weight excluding hydrogens is 334 g/mol. The lowest BCUT2D eigenvalue weighted by molar-refractivity contribution is -0.137. The first kappa shape index (κ1) is 17.5. The number of carbonyl (C=O) groups excluding carboxylic acids is 1. The number of halogens is 4. The Balaban J connectivity index is 1.72. The minimum absolute atomic E-state index is 0.0195. The van der Waals surface area contributed by atoms with Gasteiger partial charge in [-0.3, -0.25) is 4.79 Å². The number of rotatable bonds is 4. The number of nitrogens with one attached hydrogen (secondary N) is 1. The average molecular weight is 351 g/mol. The molecule has 0 aromatic heterocycles. The zero-order chi connectivity index (χ0) is 18.1. The molecule has 0 saturated heterocycles. The van der Waals surface area contributed by atoms with Crippen LogP contribution in [0.4, 0.5) is 17.6 Å². The van der Waals surface area contributed by atoms with Gasteiger partial charge in [-0.05, 0) is 48.2 Å². The van der Waals surface area contributed by atoms with Crippen LogP contribution < -0.4 is 5.32 Å². The van der Waals surface area contributed by atoms with Crippen molar-refractivity contribution in [1.29, 1.82) is 0 Å². The molecule has 1 aliphatic rings. The lowest BCUT2D eigenvalue weighted by Crippen LogP contribution is -2.49. The molecule has 0 bridgehead atoms. The van der Waals surface area contributed by atoms with E-state index in [-0.39, 0.29) is 18.3 Å². The van der Waals surface area contributed by atoms with Gasteiger partial charge in [0, 0.05) is 6.54 Å². The average Bonchev–Trinajstić information content (AvgIpc) is 2.53. The highest BCUT2D eigenvalue weighted by molar-refractivity contribution is 5.89. The lowest BCUT2D eigenvalue weighted by atomic mass is 9.64. The number of hydrogen-bond donors (Lipinski definition) is 1. The Morgan fingerprint density at radius 3 is 2.32 bits per heavy atom. The molecule has 0 aliphatic heterocycles. The third-order valence-corrected chi connectivity index (χ3v) is 4.75. The van der Waals surface area contributed by atoms with Gasteiger partial charge in [0.2, 0.25) is 5.91 Å². The zero-order valence-corrected chi connectivity index (χ0v) is 13.4. The summed E-state index contributed by atoms with van der Waals surface area (Å²) in [5.41, 5.74) is -0.329. The first-order chi connectivity index (χ1) is 11.8. The van der Waals surface area contributed by atoms with Crippen molar-refractivity contribution in [2.24, 2.45) is 0 Å². The number of carbonyl (C=O) groups is 1. The number of amides is 1. The second kappa shape index (κ2) is 6.50. The molecule has 0 spiro atoms. The van der Waals surface area contributed by atoms with Gasteiger partial charge >= 0.3 is 6.18 Å². The van der Waals surface area contributed by atoms with Gasteiger partial charge in [0.15, 0.2) is 0 Å². The summed E-state index contributed by atoms with van der Waals surface area (Å²) in [5.74, 6) is -0.606. The third-order valence-electron chi connectivity index (χ3n) is 4.75. The molecule has 1 amide bonds. The second-order valence-electron chi connectivity index (χ2n) is 6.32. The molecule has 3 rings (SSSR count). The Labute approximate surface area is 142 Å². The van der Waals surface area contributed by atoms with Crippen LogP contribution in [0.1, 0.15) is 36.0 Å². The highest BCUT2D eigenvalue weighted by atomic mass is 19.4. The molecular formula is C19H17F4NO. The van der Waals surface area contributed by atoms with E-state index in [0.717, 1.165) is 24.1 Å². The van der Waals surface area contributed by atoms with E-state index in [1.807, 2.05) is 0 Å². The van der Waals surface area contributed by atoms with Crippen LogP contribution in [0, 0.1) is 5.82 Å². The van der Waals surface area contributed by atoms with Gasteiger partial charge in [-0.15, -0.1) is 0 Å². The van der Waals surface area contributed by atoms with Gasteiger partial charge in [-0.25, -0.2) is 4.39 Å². The van der Waals surface area contributed by atoms with E-state index >= 15 is 0 Å². The van der Waals surface area contributed by atoms with E-state index < -0.39 is 17.2 Å². The van der Waals surface area contributed by atoms with Crippen molar-refractivity contribution in [1.82, 2.24) is 5.32 Å². The van der Waals surface area contributed by atoms with Crippen LogP contribution in [0.5, 0.6) is 0 Å². The SMILES string of the molecule is O=C(NCc1cccc(C(F)(F)F)c1)C1(c2ccc(F)cc2)CCC1. The van der Waals surface area contributed by atoms with Crippen LogP contribution in [0.25, 0.3) is 0 Å². The summed E-state index contributed by atoms with van der Waals surface area (Å²) in [6.07, 6.45) is -2.24. The monoisotopic (exact) mass is 351 g/mol. The van der Waals surface area contributed by atoms with Crippen molar-refractivity contribution in [3.05, 3.63) is 71.0 Å². The van der Waals surface area contributed by atoms with E-state index in [4.69, 9.17) is 0 Å². The summed E-state index contributed by atoms with van der Waals surface area (Å²) in [4.78, 5) is 12.7. The number of alkyl halides is 3. The molecule has 2 nitrogen and oxygen atoms in total. The van der Waals surface area contributed by atoms with E-state index in [9.17, 15) is 22.4 Å². The molecule has 1 aliphatic carbocycles. The molecule has 0 unspecified atom stereocenters. The third kappa shape index (κ3) is 3.52. The Hall–Kier alpha value is -2.37. The zero-order valence-electron chi connectivity index (χ0n) is 13.4. The van der Waals surface area contributed by atoms with Crippen molar-refractivity contribution in [3.63, 3.8) is 0 Å². The van der Waals surface area contributed by atoms with E-state index in [2.05, 4.69) is 5.32 Å².